The van der Waals surface area contributed by atoms with Gasteiger partial charge in [-0.1, -0.05) is 0 Å². The second-order valence-corrected chi connectivity index (χ2v) is 4.92. The lowest BCUT2D eigenvalue weighted by Crippen LogP contribution is -2.53. The average molecular weight is 291 g/mol. The molecule has 1 aliphatic rings. The summed E-state index contributed by atoms with van der Waals surface area (Å²) in [5.41, 5.74) is 0.968. The number of likely N-dealkylation sites (N-methyl/N-ethyl adjacent to an activating group) is 1. The summed E-state index contributed by atoms with van der Waals surface area (Å²) in [6, 6.07) is 5.79. The van der Waals surface area contributed by atoms with Crippen molar-refractivity contribution in [1.82, 2.24) is 10.2 Å². The van der Waals surface area contributed by atoms with E-state index < -0.39 is 5.82 Å². The second-order valence-electron chi connectivity index (χ2n) is 4.92. The minimum atomic E-state index is -0.438. The van der Waals surface area contributed by atoms with Crippen LogP contribution in [0.5, 0.6) is 0 Å². The lowest BCUT2D eigenvalue weighted by atomic mass is 10.1. The topological polar surface area (TPSA) is 65.4 Å². The largest absolute Gasteiger partial charge is 0.378 e. The molecule has 0 spiro atoms. The van der Waals surface area contributed by atoms with Gasteiger partial charge in [0.05, 0.1) is 24.8 Å². The van der Waals surface area contributed by atoms with Gasteiger partial charge in [-0.15, -0.1) is 0 Å². The Labute approximate surface area is 123 Å². The van der Waals surface area contributed by atoms with Gasteiger partial charge in [0.2, 0.25) is 5.91 Å². The number of nitrogens with one attached hydrogen (secondary N) is 1. The number of hydrogen-bond acceptors (Lipinski definition) is 4. The van der Waals surface area contributed by atoms with Crippen molar-refractivity contribution in [3.63, 3.8) is 0 Å². The van der Waals surface area contributed by atoms with Crippen molar-refractivity contribution in [3.05, 3.63) is 35.1 Å². The third kappa shape index (κ3) is 4.00. The van der Waals surface area contributed by atoms with Crippen molar-refractivity contribution in [2.75, 3.05) is 26.3 Å². The number of carbonyl (C=O) groups is 1. The normalized spacial score (nSPS) is 19.0. The smallest absolute Gasteiger partial charge is 0.239 e. The van der Waals surface area contributed by atoms with Crippen molar-refractivity contribution in [3.8, 4) is 6.07 Å². The van der Waals surface area contributed by atoms with Crippen molar-refractivity contribution in [1.29, 1.82) is 5.26 Å². The molecule has 1 aromatic carbocycles. The highest BCUT2D eigenvalue weighted by Crippen LogP contribution is 2.15. The fourth-order valence-electron chi connectivity index (χ4n) is 2.40. The number of nitriles is 1. The van der Waals surface area contributed by atoms with Gasteiger partial charge in [0.25, 0.3) is 0 Å². The zero-order chi connectivity index (χ0) is 15.2. The Morgan fingerprint density at radius 1 is 1.57 bits per heavy atom. The number of halogens is 1. The van der Waals surface area contributed by atoms with E-state index in [0.717, 1.165) is 0 Å². The van der Waals surface area contributed by atoms with Gasteiger partial charge in [0.15, 0.2) is 0 Å². The molecule has 1 fully saturated rings. The third-order valence-corrected chi connectivity index (χ3v) is 3.37. The fraction of sp³-hybridized carbons (Fsp3) is 0.467. The molecule has 6 heteroatoms. The SMILES string of the molecule is CCNC(=O)C1COCCN1Cc1cc(F)cc(C#N)c1. The van der Waals surface area contributed by atoms with Crippen LogP contribution in [0.2, 0.25) is 0 Å². The van der Waals surface area contributed by atoms with E-state index in [2.05, 4.69) is 5.32 Å². The zero-order valence-corrected chi connectivity index (χ0v) is 11.9. The molecule has 0 aliphatic carbocycles. The highest BCUT2D eigenvalue weighted by molar-refractivity contribution is 5.81. The Morgan fingerprint density at radius 2 is 2.38 bits per heavy atom. The number of carbonyl (C=O) groups excluding carboxylic acids is 1. The van der Waals surface area contributed by atoms with Crippen LogP contribution in [-0.2, 0) is 16.1 Å². The maximum absolute atomic E-state index is 13.5. The molecular weight excluding hydrogens is 273 g/mol. The molecule has 0 aromatic heterocycles. The van der Waals surface area contributed by atoms with Crippen molar-refractivity contribution < 1.29 is 13.9 Å². The molecule has 2 rings (SSSR count). The van der Waals surface area contributed by atoms with Gasteiger partial charge >= 0.3 is 0 Å². The maximum Gasteiger partial charge on any atom is 0.239 e. The van der Waals surface area contributed by atoms with Gasteiger partial charge in [-0.2, -0.15) is 5.26 Å². The minimum Gasteiger partial charge on any atom is -0.378 e. The number of benzene rings is 1. The lowest BCUT2D eigenvalue weighted by molar-refractivity contribution is -0.132. The van der Waals surface area contributed by atoms with Gasteiger partial charge in [0, 0.05) is 19.6 Å². The molecule has 5 nitrogen and oxygen atoms in total. The molecule has 1 atom stereocenters. The molecule has 1 saturated heterocycles. The summed E-state index contributed by atoms with van der Waals surface area (Å²) in [6.45, 7) is 4.29. The van der Waals surface area contributed by atoms with Crippen molar-refractivity contribution in [2.24, 2.45) is 0 Å². The Balaban J connectivity index is 2.14. The Bertz CT molecular complexity index is 556. The summed E-state index contributed by atoms with van der Waals surface area (Å²) in [4.78, 5) is 14.0. The van der Waals surface area contributed by atoms with Gasteiger partial charge in [0.1, 0.15) is 11.9 Å². The summed E-state index contributed by atoms with van der Waals surface area (Å²) < 4.78 is 18.8. The van der Waals surface area contributed by atoms with Gasteiger partial charge < -0.3 is 10.1 Å². The maximum atomic E-state index is 13.5. The van der Waals surface area contributed by atoms with Crippen LogP contribution in [0.15, 0.2) is 18.2 Å². The van der Waals surface area contributed by atoms with E-state index in [1.165, 1.54) is 12.1 Å². The molecule has 1 unspecified atom stereocenters. The van der Waals surface area contributed by atoms with Gasteiger partial charge in [-0.3, -0.25) is 9.69 Å². The highest BCUT2D eigenvalue weighted by Gasteiger charge is 2.29. The van der Waals surface area contributed by atoms with Crippen LogP contribution in [0.1, 0.15) is 18.1 Å². The summed E-state index contributed by atoms with van der Waals surface area (Å²) in [5, 5.41) is 11.7. The van der Waals surface area contributed by atoms with Crippen LogP contribution in [0, 0.1) is 17.1 Å². The van der Waals surface area contributed by atoms with E-state index in [4.69, 9.17) is 10.00 Å². The van der Waals surface area contributed by atoms with Gasteiger partial charge in [-0.25, -0.2) is 4.39 Å². The van der Waals surface area contributed by atoms with Crippen LogP contribution in [0.25, 0.3) is 0 Å². The molecule has 1 amide bonds. The van der Waals surface area contributed by atoms with E-state index in [9.17, 15) is 9.18 Å². The van der Waals surface area contributed by atoms with E-state index in [0.29, 0.717) is 38.4 Å². The van der Waals surface area contributed by atoms with Crippen LogP contribution in [0.4, 0.5) is 4.39 Å². The molecule has 1 N–H and O–H groups in total. The van der Waals surface area contributed by atoms with E-state index in [1.807, 2.05) is 17.9 Å². The first-order chi connectivity index (χ1) is 10.1. The van der Waals surface area contributed by atoms with Crippen LogP contribution >= 0.6 is 0 Å². The monoisotopic (exact) mass is 291 g/mol. The Hall–Kier alpha value is -1.97. The van der Waals surface area contributed by atoms with Crippen LogP contribution < -0.4 is 5.32 Å². The molecule has 21 heavy (non-hydrogen) atoms. The number of rotatable bonds is 4. The summed E-state index contributed by atoms with van der Waals surface area (Å²) in [5.74, 6) is -0.527. The second kappa shape index (κ2) is 7.16. The van der Waals surface area contributed by atoms with E-state index in [1.54, 1.807) is 6.07 Å². The van der Waals surface area contributed by atoms with E-state index in [-0.39, 0.29) is 17.5 Å². The van der Waals surface area contributed by atoms with Crippen LogP contribution in [-0.4, -0.2) is 43.2 Å². The molecule has 0 bridgehead atoms. The van der Waals surface area contributed by atoms with Crippen molar-refractivity contribution >= 4 is 5.91 Å². The Morgan fingerprint density at radius 3 is 3.10 bits per heavy atom. The van der Waals surface area contributed by atoms with E-state index >= 15 is 0 Å². The molecule has 0 radical (unpaired) electrons. The predicted octanol–water partition coefficient (Wildman–Crippen LogP) is 1.03. The lowest BCUT2D eigenvalue weighted by Gasteiger charge is -2.34. The number of amides is 1. The number of ether oxygens (including phenoxy) is 1. The third-order valence-electron chi connectivity index (χ3n) is 3.37. The molecular formula is C15H18FN3O2. The number of hydrogen-bond donors (Lipinski definition) is 1. The predicted molar refractivity (Wildman–Crippen MR) is 74.8 cm³/mol. The van der Waals surface area contributed by atoms with Gasteiger partial charge in [-0.05, 0) is 30.7 Å². The number of morpholine rings is 1. The molecule has 1 heterocycles. The fourth-order valence-corrected chi connectivity index (χ4v) is 2.40. The summed E-state index contributed by atoms with van der Waals surface area (Å²) in [7, 11) is 0. The minimum absolute atomic E-state index is 0.0888. The summed E-state index contributed by atoms with van der Waals surface area (Å²) in [6.07, 6.45) is 0. The first-order valence-electron chi connectivity index (χ1n) is 6.93. The molecule has 0 saturated carbocycles. The molecule has 1 aliphatic heterocycles. The van der Waals surface area contributed by atoms with Crippen molar-refractivity contribution in [2.45, 2.75) is 19.5 Å². The first-order valence-corrected chi connectivity index (χ1v) is 6.93. The molecule has 112 valence electrons. The summed E-state index contributed by atoms with van der Waals surface area (Å²) >= 11 is 0. The van der Waals surface area contributed by atoms with Crippen LogP contribution in [0.3, 0.4) is 0 Å². The quantitative estimate of drug-likeness (QED) is 0.900. The Kier molecular flexibility index (Phi) is 5.26. The average Bonchev–Trinajstić information content (AvgIpc) is 2.47. The standard InChI is InChI=1S/C15H18FN3O2/c1-2-18-15(20)14-10-21-4-3-19(14)9-12-5-11(8-17)6-13(16)7-12/h5-7,14H,2-4,9-10H2,1H3,(H,18,20). The number of nitrogens with zero attached hydrogens (tertiary/aromatic N) is 2. The zero-order valence-electron chi connectivity index (χ0n) is 11.9. The molecule has 1 aromatic rings. The first kappa shape index (κ1) is 15.4. The highest BCUT2D eigenvalue weighted by atomic mass is 19.1.